The number of carbonyl (C=O) groups excluding carboxylic acids is 1. The van der Waals surface area contributed by atoms with Gasteiger partial charge in [0.1, 0.15) is 0 Å². The standard InChI is InChI=1S/C23H26N2O/c1-17-20(21-9-5-6-10-22(21)25-17)8-4-3-7-18-11-13-19(14-12-18)15-16-23(26)24-2/h5-6,9-16,25H,3-4,7-8H2,1-2H3,(H,24,26)/b16-15+. The molecule has 1 aromatic heterocycles. The number of aryl methyl sites for hydroxylation is 3. The number of aromatic nitrogens is 1. The number of hydrogen-bond acceptors (Lipinski definition) is 1. The SMILES string of the molecule is CNC(=O)/C=C/c1ccc(CCCCc2c(C)[nH]c3ccccc23)cc1. The van der Waals surface area contributed by atoms with Crippen molar-refractivity contribution in [2.45, 2.75) is 32.6 Å². The molecule has 0 bridgehead atoms. The average molecular weight is 346 g/mol. The van der Waals surface area contributed by atoms with E-state index in [1.807, 2.05) is 6.08 Å². The second-order valence-corrected chi connectivity index (χ2v) is 6.67. The number of amides is 1. The highest BCUT2D eigenvalue weighted by atomic mass is 16.1. The predicted molar refractivity (Wildman–Crippen MR) is 109 cm³/mol. The average Bonchev–Trinajstić information content (AvgIpc) is 2.99. The van der Waals surface area contributed by atoms with E-state index in [2.05, 4.69) is 65.8 Å². The topological polar surface area (TPSA) is 44.9 Å². The maximum atomic E-state index is 11.2. The van der Waals surface area contributed by atoms with Crippen molar-refractivity contribution in [1.29, 1.82) is 0 Å². The number of nitrogens with one attached hydrogen (secondary N) is 2. The molecular weight excluding hydrogens is 320 g/mol. The molecule has 0 aliphatic rings. The van der Waals surface area contributed by atoms with Crippen LogP contribution in [0, 0.1) is 6.92 Å². The van der Waals surface area contributed by atoms with Crippen LogP contribution in [0.4, 0.5) is 0 Å². The molecule has 0 fully saturated rings. The number of unbranched alkanes of at least 4 members (excludes halogenated alkanes) is 1. The van der Waals surface area contributed by atoms with Gasteiger partial charge < -0.3 is 10.3 Å². The van der Waals surface area contributed by atoms with Crippen molar-refractivity contribution in [1.82, 2.24) is 10.3 Å². The Morgan fingerprint density at radius 1 is 1.04 bits per heavy atom. The maximum Gasteiger partial charge on any atom is 0.243 e. The Morgan fingerprint density at radius 3 is 2.54 bits per heavy atom. The van der Waals surface area contributed by atoms with Gasteiger partial charge in [-0.3, -0.25) is 4.79 Å². The third-order valence-corrected chi connectivity index (χ3v) is 4.82. The Labute approximate surface area is 155 Å². The van der Waals surface area contributed by atoms with E-state index in [0.717, 1.165) is 18.4 Å². The third kappa shape index (κ3) is 4.42. The number of para-hydroxylation sites is 1. The molecule has 134 valence electrons. The highest BCUT2D eigenvalue weighted by Crippen LogP contribution is 2.23. The molecule has 0 atom stereocenters. The zero-order valence-corrected chi connectivity index (χ0v) is 15.5. The molecule has 2 N–H and O–H groups in total. The summed E-state index contributed by atoms with van der Waals surface area (Å²) in [6, 6.07) is 17.0. The number of aromatic amines is 1. The van der Waals surface area contributed by atoms with Gasteiger partial charge in [-0.25, -0.2) is 0 Å². The van der Waals surface area contributed by atoms with Crippen molar-refractivity contribution in [3.05, 3.63) is 77.0 Å². The molecule has 1 amide bonds. The molecule has 0 unspecified atom stereocenters. The highest BCUT2D eigenvalue weighted by molar-refractivity contribution is 5.91. The Balaban J connectivity index is 1.51. The fraction of sp³-hybridized carbons (Fsp3) is 0.261. The van der Waals surface area contributed by atoms with Crippen LogP contribution in [-0.4, -0.2) is 17.9 Å². The largest absolute Gasteiger partial charge is 0.358 e. The van der Waals surface area contributed by atoms with Crippen LogP contribution in [0.1, 0.15) is 35.2 Å². The normalized spacial score (nSPS) is 11.3. The van der Waals surface area contributed by atoms with Crippen LogP contribution in [-0.2, 0) is 17.6 Å². The predicted octanol–water partition coefficient (Wildman–Crippen LogP) is 4.80. The lowest BCUT2D eigenvalue weighted by Gasteiger charge is -2.04. The van der Waals surface area contributed by atoms with E-state index in [-0.39, 0.29) is 5.91 Å². The van der Waals surface area contributed by atoms with Crippen molar-refractivity contribution < 1.29 is 4.79 Å². The van der Waals surface area contributed by atoms with E-state index in [4.69, 9.17) is 0 Å². The van der Waals surface area contributed by atoms with Crippen LogP contribution in [0.3, 0.4) is 0 Å². The Hall–Kier alpha value is -2.81. The van der Waals surface area contributed by atoms with Crippen LogP contribution < -0.4 is 5.32 Å². The van der Waals surface area contributed by atoms with E-state index in [0.29, 0.717) is 0 Å². The van der Waals surface area contributed by atoms with Crippen molar-refractivity contribution in [2.24, 2.45) is 0 Å². The molecule has 3 heteroatoms. The number of fused-ring (bicyclic) bond motifs is 1. The smallest absolute Gasteiger partial charge is 0.243 e. The number of rotatable bonds is 7. The van der Waals surface area contributed by atoms with E-state index >= 15 is 0 Å². The lowest BCUT2D eigenvalue weighted by Crippen LogP contribution is -2.13. The molecule has 0 radical (unpaired) electrons. The van der Waals surface area contributed by atoms with Crippen LogP contribution in [0.25, 0.3) is 17.0 Å². The summed E-state index contributed by atoms with van der Waals surface area (Å²) >= 11 is 0. The van der Waals surface area contributed by atoms with Gasteiger partial charge in [-0.2, -0.15) is 0 Å². The van der Waals surface area contributed by atoms with Gasteiger partial charge in [0.05, 0.1) is 0 Å². The number of carbonyl (C=O) groups is 1. The van der Waals surface area contributed by atoms with Crippen LogP contribution in [0.15, 0.2) is 54.6 Å². The molecular formula is C23H26N2O. The van der Waals surface area contributed by atoms with Gasteiger partial charge in [-0.05, 0) is 61.4 Å². The van der Waals surface area contributed by atoms with Crippen molar-refractivity contribution in [3.63, 3.8) is 0 Å². The quantitative estimate of drug-likeness (QED) is 0.468. The number of H-pyrrole nitrogens is 1. The number of hydrogen-bond donors (Lipinski definition) is 2. The first kappa shape index (κ1) is 18.0. The van der Waals surface area contributed by atoms with Gasteiger partial charge in [0.2, 0.25) is 5.91 Å². The summed E-state index contributed by atoms with van der Waals surface area (Å²) in [5, 5.41) is 3.94. The summed E-state index contributed by atoms with van der Waals surface area (Å²) < 4.78 is 0. The molecule has 0 aliphatic heterocycles. The zero-order chi connectivity index (χ0) is 18.4. The van der Waals surface area contributed by atoms with Crippen LogP contribution in [0.5, 0.6) is 0 Å². The molecule has 0 saturated heterocycles. The second-order valence-electron chi connectivity index (χ2n) is 6.67. The summed E-state index contributed by atoms with van der Waals surface area (Å²) in [5.41, 5.74) is 6.37. The summed E-state index contributed by atoms with van der Waals surface area (Å²) in [6.07, 6.45) is 7.94. The monoisotopic (exact) mass is 346 g/mol. The molecule has 0 aliphatic carbocycles. The minimum Gasteiger partial charge on any atom is -0.358 e. The van der Waals surface area contributed by atoms with E-state index in [1.54, 1.807) is 13.1 Å². The van der Waals surface area contributed by atoms with E-state index < -0.39 is 0 Å². The molecule has 0 saturated carbocycles. The lowest BCUT2D eigenvalue weighted by atomic mass is 10.0. The molecule has 0 spiro atoms. The Bertz CT molecular complexity index is 904. The van der Waals surface area contributed by atoms with Crippen LogP contribution >= 0.6 is 0 Å². The van der Waals surface area contributed by atoms with E-state index in [1.165, 1.54) is 40.6 Å². The summed E-state index contributed by atoms with van der Waals surface area (Å²) in [6.45, 7) is 2.17. The first-order valence-corrected chi connectivity index (χ1v) is 9.22. The van der Waals surface area contributed by atoms with Crippen molar-refractivity contribution in [3.8, 4) is 0 Å². The molecule has 3 aromatic rings. The van der Waals surface area contributed by atoms with Gasteiger partial charge in [0, 0.05) is 29.7 Å². The van der Waals surface area contributed by atoms with Gasteiger partial charge in [0.25, 0.3) is 0 Å². The molecule has 2 aromatic carbocycles. The second kappa shape index (κ2) is 8.52. The minimum atomic E-state index is -0.0818. The summed E-state index contributed by atoms with van der Waals surface area (Å²) in [7, 11) is 1.63. The molecule has 3 nitrogen and oxygen atoms in total. The maximum absolute atomic E-state index is 11.2. The first-order chi connectivity index (χ1) is 12.7. The third-order valence-electron chi connectivity index (χ3n) is 4.82. The van der Waals surface area contributed by atoms with E-state index in [9.17, 15) is 4.79 Å². The highest BCUT2D eigenvalue weighted by Gasteiger charge is 2.07. The summed E-state index contributed by atoms with van der Waals surface area (Å²) in [4.78, 5) is 14.7. The Morgan fingerprint density at radius 2 is 1.77 bits per heavy atom. The molecule has 1 heterocycles. The van der Waals surface area contributed by atoms with Crippen LogP contribution in [0.2, 0.25) is 0 Å². The number of likely N-dealkylation sites (N-methyl/N-ethyl adjacent to an activating group) is 1. The molecule has 3 rings (SSSR count). The Kier molecular flexibility index (Phi) is 5.90. The van der Waals surface area contributed by atoms with Gasteiger partial charge in [-0.1, -0.05) is 42.5 Å². The number of benzene rings is 2. The van der Waals surface area contributed by atoms with Crippen molar-refractivity contribution >= 4 is 22.9 Å². The zero-order valence-electron chi connectivity index (χ0n) is 15.5. The fourth-order valence-corrected chi connectivity index (χ4v) is 3.34. The van der Waals surface area contributed by atoms with Crippen molar-refractivity contribution in [2.75, 3.05) is 7.05 Å². The van der Waals surface area contributed by atoms with Gasteiger partial charge >= 0.3 is 0 Å². The first-order valence-electron chi connectivity index (χ1n) is 9.22. The lowest BCUT2D eigenvalue weighted by molar-refractivity contribution is -0.115. The molecule has 26 heavy (non-hydrogen) atoms. The fourth-order valence-electron chi connectivity index (χ4n) is 3.34. The van der Waals surface area contributed by atoms with Gasteiger partial charge in [-0.15, -0.1) is 0 Å². The summed E-state index contributed by atoms with van der Waals surface area (Å²) in [5.74, 6) is -0.0818. The minimum absolute atomic E-state index is 0.0818. The van der Waals surface area contributed by atoms with Gasteiger partial charge in [0.15, 0.2) is 0 Å².